The van der Waals surface area contributed by atoms with Gasteiger partial charge in [-0.05, 0) is 55.3 Å². The number of halogens is 1. The Morgan fingerprint density at radius 3 is 2.69 bits per heavy atom. The van der Waals surface area contributed by atoms with Crippen LogP contribution in [0.15, 0.2) is 70.4 Å². The summed E-state index contributed by atoms with van der Waals surface area (Å²) in [5, 5.41) is 2.59. The van der Waals surface area contributed by atoms with Gasteiger partial charge < -0.3 is 16.2 Å². The van der Waals surface area contributed by atoms with E-state index in [1.807, 2.05) is 6.08 Å². The highest BCUT2D eigenvalue weighted by molar-refractivity contribution is 6.07. The van der Waals surface area contributed by atoms with Gasteiger partial charge in [-0.1, -0.05) is 25.5 Å². The van der Waals surface area contributed by atoms with Gasteiger partial charge >= 0.3 is 0 Å². The molecule has 1 aromatic heterocycles. The second kappa shape index (κ2) is 13.4. The van der Waals surface area contributed by atoms with Gasteiger partial charge in [-0.3, -0.25) is 19.9 Å². The molecule has 5 N–H and O–H groups in total. The Morgan fingerprint density at radius 2 is 2.03 bits per heavy atom. The number of pyridine rings is 1. The molecule has 0 aliphatic carbocycles. The normalized spacial score (nSPS) is 12.6. The Hall–Kier alpha value is -4.34. The van der Waals surface area contributed by atoms with E-state index in [1.54, 1.807) is 19.1 Å². The number of hydrogen-bond acceptors (Lipinski definition) is 6. The smallest absolute Gasteiger partial charge is 0.254 e. The van der Waals surface area contributed by atoms with Crippen LogP contribution in [-0.4, -0.2) is 35.5 Å². The largest absolute Gasteiger partial charge is 0.435 e. The molecule has 1 aromatic carbocycles. The van der Waals surface area contributed by atoms with Crippen LogP contribution in [0.4, 0.5) is 4.39 Å². The van der Waals surface area contributed by atoms with Crippen molar-refractivity contribution in [2.24, 2.45) is 21.5 Å². The van der Waals surface area contributed by atoms with E-state index in [-0.39, 0.29) is 29.6 Å². The number of allylic oxidation sites excluding steroid dienone is 3. The molecule has 0 fully saturated rings. The molecule has 0 aliphatic rings. The summed E-state index contributed by atoms with van der Waals surface area (Å²) < 4.78 is 20.0. The van der Waals surface area contributed by atoms with E-state index in [0.717, 1.165) is 18.9 Å². The number of primary amides is 1. The molecule has 9 nitrogen and oxygen atoms in total. The molecule has 184 valence electrons. The number of benzene rings is 1. The maximum atomic E-state index is 14.6. The van der Waals surface area contributed by atoms with Crippen LogP contribution >= 0.6 is 0 Å². The quantitative estimate of drug-likeness (QED) is 0.286. The van der Waals surface area contributed by atoms with Crippen LogP contribution in [0.1, 0.15) is 42.6 Å². The molecule has 0 radical (unpaired) electrons. The van der Waals surface area contributed by atoms with Crippen LogP contribution in [0.5, 0.6) is 11.6 Å². The van der Waals surface area contributed by atoms with Crippen molar-refractivity contribution in [1.29, 1.82) is 0 Å². The fraction of sp³-hybridized carbons (Fsp3) is 0.240. The molecule has 0 saturated heterocycles. The van der Waals surface area contributed by atoms with Crippen molar-refractivity contribution < 1.29 is 18.7 Å². The Balaban J connectivity index is 2.04. The average Bonchev–Trinajstić information content (AvgIpc) is 2.80. The van der Waals surface area contributed by atoms with Gasteiger partial charge in [0.2, 0.25) is 17.7 Å². The van der Waals surface area contributed by atoms with Crippen molar-refractivity contribution in [2.75, 3.05) is 7.05 Å². The number of aliphatic imine (C=N–C) groups is 2. The van der Waals surface area contributed by atoms with Gasteiger partial charge in [-0.15, -0.1) is 0 Å². The van der Waals surface area contributed by atoms with E-state index in [4.69, 9.17) is 16.2 Å². The highest BCUT2D eigenvalue weighted by atomic mass is 19.1. The third-order valence-electron chi connectivity index (χ3n) is 4.49. The molecule has 0 aliphatic heterocycles. The summed E-state index contributed by atoms with van der Waals surface area (Å²) in [5.41, 5.74) is 12.7. The average molecular weight is 481 g/mol. The summed E-state index contributed by atoms with van der Waals surface area (Å²) in [5.74, 6) is -2.09. The summed E-state index contributed by atoms with van der Waals surface area (Å²) in [6, 6.07) is 6.96. The van der Waals surface area contributed by atoms with E-state index in [0.29, 0.717) is 17.0 Å². The fourth-order valence-electron chi connectivity index (χ4n) is 2.86. The molecule has 0 unspecified atom stereocenters. The third-order valence-corrected chi connectivity index (χ3v) is 4.49. The number of nitrogens with zero attached hydrogens (tertiary/aromatic N) is 3. The minimum absolute atomic E-state index is 0.0196. The predicted octanol–water partition coefficient (Wildman–Crippen LogP) is 3.42. The number of rotatable bonds is 9. The van der Waals surface area contributed by atoms with Crippen molar-refractivity contribution in [3.8, 4) is 11.6 Å². The molecule has 2 aromatic rings. The Labute approximate surface area is 203 Å². The number of aromatic nitrogens is 1. The van der Waals surface area contributed by atoms with Gasteiger partial charge in [0.05, 0.1) is 6.42 Å². The monoisotopic (exact) mass is 480 g/mol. The van der Waals surface area contributed by atoms with Gasteiger partial charge in [-0.2, -0.15) is 0 Å². The van der Waals surface area contributed by atoms with Gasteiger partial charge in [0.1, 0.15) is 5.56 Å². The van der Waals surface area contributed by atoms with Crippen LogP contribution in [0.3, 0.4) is 0 Å². The zero-order valence-electron chi connectivity index (χ0n) is 19.9. The first-order valence-electron chi connectivity index (χ1n) is 10.9. The van der Waals surface area contributed by atoms with Crippen LogP contribution in [0.2, 0.25) is 0 Å². The lowest BCUT2D eigenvalue weighted by Crippen LogP contribution is -2.31. The molecular formula is C25H29FN6O3. The first-order valence-corrected chi connectivity index (χ1v) is 10.9. The number of unbranched alkanes of at least 4 members (excludes halogenated alkanes) is 1. The second-order valence-corrected chi connectivity index (χ2v) is 7.45. The van der Waals surface area contributed by atoms with Gasteiger partial charge in [0, 0.05) is 24.7 Å². The van der Waals surface area contributed by atoms with E-state index in [9.17, 15) is 14.0 Å². The molecule has 35 heavy (non-hydrogen) atoms. The molecule has 0 saturated carbocycles. The maximum Gasteiger partial charge on any atom is 0.254 e. The number of hydrogen-bond donors (Lipinski definition) is 3. The molecule has 0 bridgehead atoms. The Kier molecular flexibility index (Phi) is 10.3. The number of guanidine groups is 1. The number of amides is 2. The third kappa shape index (κ3) is 8.84. The first-order chi connectivity index (χ1) is 16.7. The Morgan fingerprint density at radius 1 is 1.26 bits per heavy atom. The second-order valence-electron chi connectivity index (χ2n) is 7.45. The lowest BCUT2D eigenvalue weighted by atomic mass is 10.1. The minimum Gasteiger partial charge on any atom is -0.435 e. The van der Waals surface area contributed by atoms with Gasteiger partial charge in [0.25, 0.3) is 5.91 Å². The maximum absolute atomic E-state index is 14.6. The van der Waals surface area contributed by atoms with Crippen molar-refractivity contribution in [3.05, 3.63) is 77.4 Å². The zero-order valence-corrected chi connectivity index (χ0v) is 19.9. The number of nitrogens with two attached hydrogens (primary N) is 2. The molecule has 1 heterocycles. The lowest BCUT2D eigenvalue weighted by Gasteiger charge is -2.10. The number of carbonyl (C=O) groups excluding carboxylic acids is 2. The summed E-state index contributed by atoms with van der Waals surface area (Å²) in [6.07, 6.45) is 8.65. The van der Waals surface area contributed by atoms with Crippen molar-refractivity contribution in [3.63, 3.8) is 0 Å². The van der Waals surface area contributed by atoms with Crippen LogP contribution < -0.4 is 21.5 Å². The number of ether oxygens (including phenoxy) is 1. The van der Waals surface area contributed by atoms with Crippen LogP contribution in [0.25, 0.3) is 0 Å². The number of carbonyl (C=O) groups is 2. The summed E-state index contributed by atoms with van der Waals surface area (Å²) >= 11 is 0. The molecule has 10 heteroatoms. The predicted molar refractivity (Wildman–Crippen MR) is 134 cm³/mol. The van der Waals surface area contributed by atoms with Gasteiger partial charge in [-0.25, -0.2) is 14.4 Å². The Bertz CT molecular complexity index is 1190. The first kappa shape index (κ1) is 26.9. The minimum atomic E-state index is -0.751. The van der Waals surface area contributed by atoms with E-state index >= 15 is 0 Å². The van der Waals surface area contributed by atoms with Gasteiger partial charge in [0.15, 0.2) is 11.6 Å². The number of nitrogens with one attached hydrogen (secondary N) is 1. The van der Waals surface area contributed by atoms with Crippen molar-refractivity contribution in [2.45, 2.75) is 33.1 Å². The van der Waals surface area contributed by atoms with E-state index in [1.165, 1.54) is 37.5 Å². The molecule has 0 atom stereocenters. The lowest BCUT2D eigenvalue weighted by molar-refractivity contribution is -0.119. The topological polar surface area (TPSA) is 145 Å². The molecule has 0 spiro atoms. The fourth-order valence-corrected chi connectivity index (χ4v) is 2.86. The van der Waals surface area contributed by atoms with Crippen LogP contribution in [-0.2, 0) is 11.2 Å². The van der Waals surface area contributed by atoms with Crippen molar-refractivity contribution >= 4 is 23.5 Å². The van der Waals surface area contributed by atoms with E-state index < -0.39 is 17.6 Å². The van der Waals surface area contributed by atoms with E-state index in [2.05, 4.69) is 27.2 Å². The van der Waals surface area contributed by atoms with Crippen molar-refractivity contribution in [1.82, 2.24) is 10.3 Å². The summed E-state index contributed by atoms with van der Waals surface area (Å²) in [7, 11) is 1.49. The standard InChI is InChI=1S/C25H29FN6O3/c1-4-5-6-8-18(27)13-16(2)31-25(29-3)32-22(33)15-17-10-11-21(20(26)14-17)35-24-19(23(28)34)9-7-12-30-24/h6-14H,4-5,15,27H2,1-3H3,(H2,28,34)(H,29,32,33)/b8-6-,18-13+,31-16?. The molecule has 2 rings (SSSR count). The van der Waals surface area contributed by atoms with Crippen LogP contribution in [0, 0.1) is 5.82 Å². The summed E-state index contributed by atoms with van der Waals surface area (Å²) in [6.45, 7) is 3.81. The molecular weight excluding hydrogens is 451 g/mol. The highest BCUT2D eigenvalue weighted by Gasteiger charge is 2.15. The zero-order chi connectivity index (χ0) is 25.8. The summed E-state index contributed by atoms with van der Waals surface area (Å²) in [4.78, 5) is 36.1. The SMILES string of the molecule is CCC/C=C\C(N)=C/C(C)=NC(=NC)NC(=O)Cc1ccc(Oc2ncccc2C(N)=O)c(F)c1. The highest BCUT2D eigenvalue weighted by Crippen LogP contribution is 2.26. The molecule has 2 amide bonds.